The molecule has 2 aliphatic rings. The number of rotatable bonds is 2. The normalized spacial score (nSPS) is 12.4. The van der Waals surface area contributed by atoms with Gasteiger partial charge in [-0.1, -0.05) is 54.6 Å². The monoisotopic (exact) mass is 211 g/mol. The van der Waals surface area contributed by atoms with Crippen LogP contribution in [0.2, 0.25) is 0 Å². The molecule has 0 radical (unpaired) electrons. The maximum absolute atomic E-state index is 5.95. The van der Waals surface area contributed by atoms with E-state index in [-0.39, 0.29) is 5.54 Å². The van der Waals surface area contributed by atoms with Crippen molar-refractivity contribution in [2.75, 3.05) is 0 Å². The molecule has 1 nitrogen and oxygen atoms in total. The van der Waals surface area contributed by atoms with E-state index in [0.717, 1.165) is 0 Å². The van der Waals surface area contributed by atoms with E-state index in [1.165, 1.54) is 16.7 Å². The van der Waals surface area contributed by atoms with E-state index in [1.54, 1.807) is 0 Å². The topological polar surface area (TPSA) is 26.0 Å². The lowest BCUT2D eigenvalue weighted by molar-refractivity contribution is 0.657. The Balaban J connectivity index is 2.44. The fourth-order valence-corrected chi connectivity index (χ4v) is 1.70. The number of nitrogens with two attached hydrogens (primary N) is 1. The average molecular weight is 211 g/mol. The minimum atomic E-state index is -0.271. The molecule has 0 spiro atoms. The maximum Gasteiger partial charge on any atom is 0.0284 e. The van der Waals surface area contributed by atoms with Crippen LogP contribution < -0.4 is 5.73 Å². The van der Waals surface area contributed by atoms with Gasteiger partial charge in [0.05, 0.1) is 0 Å². The Morgan fingerprint density at radius 2 is 1.69 bits per heavy atom. The van der Waals surface area contributed by atoms with Crippen LogP contribution in [0.1, 0.15) is 19.4 Å². The molecule has 82 valence electrons. The average Bonchev–Trinajstić information content (AvgIpc) is 2.56. The molecule has 16 heavy (non-hydrogen) atoms. The molecule has 2 N–H and O–H groups in total. The van der Waals surface area contributed by atoms with E-state index in [4.69, 9.17) is 5.73 Å². The van der Waals surface area contributed by atoms with Gasteiger partial charge in [-0.25, -0.2) is 0 Å². The van der Waals surface area contributed by atoms with Crippen molar-refractivity contribution >= 4 is 6.08 Å². The summed E-state index contributed by atoms with van der Waals surface area (Å²) in [6.45, 7) is 3.99. The maximum atomic E-state index is 5.95. The molecule has 0 aliphatic heterocycles. The third-order valence-corrected chi connectivity index (χ3v) is 2.52. The van der Waals surface area contributed by atoms with Crippen molar-refractivity contribution in [3.8, 4) is 11.1 Å². The summed E-state index contributed by atoms with van der Waals surface area (Å²) in [6, 6.07) is 14.7. The van der Waals surface area contributed by atoms with Gasteiger partial charge in [0.25, 0.3) is 0 Å². The molecule has 0 aromatic heterocycles. The summed E-state index contributed by atoms with van der Waals surface area (Å²) in [7, 11) is 0. The summed E-state index contributed by atoms with van der Waals surface area (Å²) in [6.07, 6.45) is 4.14. The highest BCUT2D eigenvalue weighted by atomic mass is 14.7. The summed E-state index contributed by atoms with van der Waals surface area (Å²) in [4.78, 5) is 0. The molecule has 2 aliphatic carbocycles. The molecule has 0 heterocycles. The number of hydrogen-bond donors (Lipinski definition) is 1. The van der Waals surface area contributed by atoms with Crippen LogP contribution in [0.5, 0.6) is 0 Å². The van der Waals surface area contributed by atoms with Gasteiger partial charge < -0.3 is 5.73 Å². The molecule has 2 rings (SSSR count). The van der Waals surface area contributed by atoms with Crippen molar-refractivity contribution in [3.05, 3.63) is 54.1 Å². The smallest absolute Gasteiger partial charge is 0.0284 e. The van der Waals surface area contributed by atoms with Crippen LogP contribution in [0.3, 0.4) is 0 Å². The van der Waals surface area contributed by atoms with Gasteiger partial charge in [-0.15, -0.1) is 0 Å². The van der Waals surface area contributed by atoms with E-state index in [1.807, 2.05) is 19.9 Å². The SMILES string of the molecule is CC(C)(N)/C=C/c1ccccc2cccc1-2. The number of fused-ring (bicyclic) bond motifs is 1. The molecule has 0 fully saturated rings. The first kappa shape index (κ1) is 10.9. The van der Waals surface area contributed by atoms with Crippen molar-refractivity contribution < 1.29 is 0 Å². The largest absolute Gasteiger partial charge is 0.322 e. The molecule has 0 amide bonds. The fourth-order valence-electron chi connectivity index (χ4n) is 1.70. The lowest BCUT2D eigenvalue weighted by Gasteiger charge is -2.11. The van der Waals surface area contributed by atoms with Crippen LogP contribution in [-0.4, -0.2) is 5.54 Å². The Morgan fingerprint density at radius 3 is 2.44 bits per heavy atom. The zero-order valence-corrected chi connectivity index (χ0v) is 9.77. The predicted octanol–water partition coefficient (Wildman–Crippen LogP) is 3.54. The van der Waals surface area contributed by atoms with Crippen LogP contribution in [0.4, 0.5) is 0 Å². The first-order chi connectivity index (χ1) is 7.56. The Morgan fingerprint density at radius 1 is 1.00 bits per heavy atom. The van der Waals surface area contributed by atoms with Gasteiger partial charge in [0.2, 0.25) is 0 Å². The highest BCUT2D eigenvalue weighted by Gasteiger charge is 2.06. The molecule has 0 saturated carbocycles. The molecule has 0 aromatic carbocycles. The molecule has 0 bridgehead atoms. The molecule has 1 heteroatoms. The Hall–Kier alpha value is -1.60. The molecule has 0 aromatic rings. The third kappa shape index (κ3) is 2.50. The van der Waals surface area contributed by atoms with Gasteiger partial charge in [0.15, 0.2) is 0 Å². The molecular formula is C15H17N. The second-order valence-corrected chi connectivity index (χ2v) is 4.72. The van der Waals surface area contributed by atoms with E-state index < -0.39 is 0 Å². The lowest BCUT2D eigenvalue weighted by Crippen LogP contribution is -2.28. The Bertz CT molecular complexity index is 477. The first-order valence-electron chi connectivity index (χ1n) is 5.52. The van der Waals surface area contributed by atoms with Gasteiger partial charge in [0, 0.05) is 5.54 Å². The highest BCUT2D eigenvalue weighted by Crippen LogP contribution is 2.26. The van der Waals surface area contributed by atoms with Crippen LogP contribution in [0.15, 0.2) is 48.5 Å². The van der Waals surface area contributed by atoms with E-state index in [0.29, 0.717) is 0 Å². The standard InChI is InChI=1S/C15H17N/c1-15(2,16)11-10-13-7-4-3-6-12-8-5-9-14(12)13/h3-11H,16H2,1-2H3/b11-10+. The van der Waals surface area contributed by atoms with Crippen molar-refractivity contribution in [1.29, 1.82) is 0 Å². The lowest BCUT2D eigenvalue weighted by atomic mass is 10.0. The van der Waals surface area contributed by atoms with Gasteiger partial charge >= 0.3 is 0 Å². The van der Waals surface area contributed by atoms with Gasteiger partial charge in [-0.2, -0.15) is 0 Å². The van der Waals surface area contributed by atoms with Crippen LogP contribution in [0, 0.1) is 0 Å². The summed E-state index contributed by atoms with van der Waals surface area (Å²) >= 11 is 0. The summed E-state index contributed by atoms with van der Waals surface area (Å²) in [5.41, 5.74) is 9.42. The van der Waals surface area contributed by atoms with Crippen LogP contribution in [-0.2, 0) is 0 Å². The van der Waals surface area contributed by atoms with E-state index in [2.05, 4.69) is 48.5 Å². The molecule has 0 unspecified atom stereocenters. The predicted molar refractivity (Wildman–Crippen MR) is 70.4 cm³/mol. The Kier molecular flexibility index (Phi) is 2.80. The zero-order valence-electron chi connectivity index (χ0n) is 9.77. The summed E-state index contributed by atoms with van der Waals surface area (Å²) in [5, 5.41) is 0. The fraction of sp³-hybridized carbons (Fsp3) is 0.200. The van der Waals surface area contributed by atoms with Crippen LogP contribution >= 0.6 is 0 Å². The molecule has 0 saturated heterocycles. The number of hydrogen-bond acceptors (Lipinski definition) is 1. The zero-order chi connectivity index (χ0) is 11.6. The van der Waals surface area contributed by atoms with Crippen LogP contribution in [0.25, 0.3) is 17.2 Å². The minimum absolute atomic E-state index is 0.271. The molecular weight excluding hydrogens is 194 g/mol. The van der Waals surface area contributed by atoms with Gasteiger partial charge in [-0.3, -0.25) is 0 Å². The second kappa shape index (κ2) is 4.11. The van der Waals surface area contributed by atoms with Crippen molar-refractivity contribution in [2.45, 2.75) is 19.4 Å². The quantitative estimate of drug-likeness (QED) is 0.807. The summed E-state index contributed by atoms with van der Waals surface area (Å²) < 4.78 is 0. The minimum Gasteiger partial charge on any atom is -0.322 e. The van der Waals surface area contributed by atoms with Crippen molar-refractivity contribution in [1.82, 2.24) is 0 Å². The van der Waals surface area contributed by atoms with Crippen molar-refractivity contribution in [3.63, 3.8) is 0 Å². The summed E-state index contributed by atoms with van der Waals surface area (Å²) in [5.74, 6) is 0. The highest BCUT2D eigenvalue weighted by molar-refractivity contribution is 5.76. The van der Waals surface area contributed by atoms with E-state index in [9.17, 15) is 0 Å². The Labute approximate surface area is 96.9 Å². The second-order valence-electron chi connectivity index (χ2n) is 4.72. The first-order valence-corrected chi connectivity index (χ1v) is 5.52. The van der Waals surface area contributed by atoms with Gasteiger partial charge in [-0.05, 0) is 30.5 Å². The van der Waals surface area contributed by atoms with Gasteiger partial charge in [0.1, 0.15) is 0 Å². The van der Waals surface area contributed by atoms with Crippen molar-refractivity contribution in [2.24, 2.45) is 5.73 Å². The van der Waals surface area contributed by atoms with E-state index >= 15 is 0 Å². The third-order valence-electron chi connectivity index (χ3n) is 2.52. The molecule has 0 atom stereocenters.